The van der Waals surface area contributed by atoms with Gasteiger partial charge in [0.05, 0.1) is 5.69 Å². The molecule has 1 heterocycles. The first kappa shape index (κ1) is 21.2. The molecule has 0 amide bonds. The molecule has 2 aromatic rings. The van der Waals surface area contributed by atoms with E-state index in [-0.39, 0.29) is 5.95 Å². The molecule has 6 nitrogen and oxygen atoms in total. The lowest BCUT2D eigenvalue weighted by Gasteiger charge is -2.12. The van der Waals surface area contributed by atoms with E-state index in [0.717, 1.165) is 18.4 Å². The third-order valence-corrected chi connectivity index (χ3v) is 4.43. The van der Waals surface area contributed by atoms with Crippen LogP contribution in [0.1, 0.15) is 54.5 Å². The number of hydrogen-bond donors (Lipinski definition) is 1. The van der Waals surface area contributed by atoms with Crippen molar-refractivity contribution in [3.8, 4) is 5.69 Å². The molecule has 0 aliphatic heterocycles. The fourth-order valence-electron chi connectivity index (χ4n) is 2.92. The van der Waals surface area contributed by atoms with Crippen LogP contribution in [-0.2, 0) is 14.4 Å². The Morgan fingerprint density at radius 3 is 2.18 bits per heavy atom. The molecule has 0 unspecified atom stereocenters. The summed E-state index contributed by atoms with van der Waals surface area (Å²) in [6.45, 7) is 0. The number of hydrogen-bond acceptors (Lipinski definition) is 5. The van der Waals surface area contributed by atoms with Gasteiger partial charge in [-0.15, -0.1) is 5.10 Å². The summed E-state index contributed by atoms with van der Waals surface area (Å²) in [5.41, 5.74) is 3.08. The topological polar surface area (TPSA) is 76.9 Å². The summed E-state index contributed by atoms with van der Waals surface area (Å²) in [6, 6.07) is 6.04. The molecule has 1 aromatic carbocycles. The lowest BCUT2D eigenvalue weighted by molar-refractivity contribution is -0.144. The number of anilines is 1. The number of aromatic nitrogens is 3. The molecular formula is C16H17Cl2F3N4O2S. The number of alkyl halides is 3. The van der Waals surface area contributed by atoms with Crippen molar-refractivity contribution >= 4 is 35.6 Å². The Labute approximate surface area is 169 Å². The third kappa shape index (κ3) is 5.51. The zero-order chi connectivity index (χ0) is 20.7. The Kier molecular flexibility index (Phi) is 5.84. The highest BCUT2D eigenvalue weighted by Gasteiger charge is 2.38. The maximum absolute atomic E-state index is 12.9. The van der Waals surface area contributed by atoms with E-state index in [1.54, 1.807) is 7.05 Å². The molecule has 2 aliphatic carbocycles. The highest BCUT2D eigenvalue weighted by Crippen LogP contribution is 2.47. The van der Waals surface area contributed by atoms with Gasteiger partial charge < -0.3 is 5.32 Å². The van der Waals surface area contributed by atoms with Crippen molar-refractivity contribution in [2.75, 3.05) is 12.4 Å². The maximum Gasteiger partial charge on any atom is 0.453 e. The molecule has 4 rings (SSSR count). The predicted molar refractivity (Wildman–Crippen MR) is 100 cm³/mol. The van der Waals surface area contributed by atoms with Crippen LogP contribution in [0, 0.1) is 0 Å². The third-order valence-electron chi connectivity index (χ3n) is 4.43. The molecule has 2 aliphatic rings. The Bertz CT molecular complexity index is 963. The Morgan fingerprint density at radius 2 is 1.71 bits per heavy atom. The van der Waals surface area contributed by atoms with Crippen LogP contribution < -0.4 is 5.32 Å². The maximum atomic E-state index is 12.9. The van der Waals surface area contributed by atoms with Gasteiger partial charge in [-0.1, -0.05) is 12.1 Å². The van der Waals surface area contributed by atoms with Crippen molar-refractivity contribution in [1.82, 2.24) is 14.8 Å². The summed E-state index contributed by atoms with van der Waals surface area (Å²) in [6.07, 6.45) is 0.0117. The summed E-state index contributed by atoms with van der Waals surface area (Å²) in [5, 5.41) is 6.41. The molecule has 0 saturated heterocycles. The van der Waals surface area contributed by atoms with E-state index < -0.39 is 20.3 Å². The average molecular weight is 457 g/mol. The van der Waals surface area contributed by atoms with Gasteiger partial charge in [0.1, 0.15) is 0 Å². The van der Waals surface area contributed by atoms with Crippen LogP contribution in [0.15, 0.2) is 18.2 Å². The van der Waals surface area contributed by atoms with E-state index in [1.807, 2.05) is 12.1 Å². The quantitative estimate of drug-likeness (QED) is 0.669. The fourth-order valence-corrected chi connectivity index (χ4v) is 2.92. The summed E-state index contributed by atoms with van der Waals surface area (Å²) in [5.74, 6) is 0.0343. The second kappa shape index (κ2) is 7.72. The van der Waals surface area contributed by atoms with E-state index in [4.69, 9.17) is 8.42 Å². The molecule has 2 fully saturated rings. The van der Waals surface area contributed by atoms with E-state index in [9.17, 15) is 13.2 Å². The molecular weight excluding hydrogens is 440 g/mol. The summed E-state index contributed by atoms with van der Waals surface area (Å²) in [4.78, 5) is 3.58. The standard InChI is InChI=1S/C16H17F3N4.Cl2O2S/c1-20-15-21-14(16(17,18)19)22-23(15)13-7-6-11(9-2-3-9)8-12(13)10-4-5-10;1-5(2,3)4/h6-10H,2-5H2,1H3,(H,20,21,22);. The minimum Gasteiger partial charge on any atom is -0.357 e. The minimum atomic E-state index is -4.55. The molecule has 0 radical (unpaired) electrons. The molecule has 0 bridgehead atoms. The molecule has 2 saturated carbocycles. The molecule has 154 valence electrons. The molecule has 1 N–H and O–H groups in total. The Balaban J connectivity index is 0.000000403. The smallest absolute Gasteiger partial charge is 0.357 e. The normalized spacial score (nSPS) is 17.1. The number of nitrogens with zero attached hydrogens (tertiary/aromatic N) is 3. The zero-order valence-corrected chi connectivity index (χ0v) is 17.0. The van der Waals surface area contributed by atoms with Crippen LogP contribution in [0.2, 0.25) is 0 Å². The number of nitrogens with one attached hydrogen (secondary N) is 1. The number of rotatable bonds is 4. The van der Waals surface area contributed by atoms with Gasteiger partial charge in [0.25, 0.3) is 5.82 Å². The SMILES string of the molecule is CNc1nc(C(F)(F)F)nn1-c1ccc(C2CC2)cc1C1CC1.O=S(=O)(Cl)Cl. The molecule has 12 heteroatoms. The highest BCUT2D eigenvalue weighted by atomic mass is 36.0. The van der Waals surface area contributed by atoms with Crippen LogP contribution >= 0.6 is 21.4 Å². The average Bonchev–Trinajstić information content (AvgIpc) is 3.48. The van der Waals surface area contributed by atoms with Gasteiger partial charge in [-0.05, 0) is 54.7 Å². The Morgan fingerprint density at radius 1 is 1.14 bits per heavy atom. The van der Waals surface area contributed by atoms with Crippen molar-refractivity contribution in [1.29, 1.82) is 0 Å². The van der Waals surface area contributed by atoms with Gasteiger partial charge in [0.15, 0.2) is 0 Å². The van der Waals surface area contributed by atoms with Gasteiger partial charge in [-0.25, -0.2) is 0 Å². The second-order valence-corrected chi connectivity index (χ2v) is 10.3. The van der Waals surface area contributed by atoms with Crippen LogP contribution in [0.4, 0.5) is 19.1 Å². The van der Waals surface area contributed by atoms with Crippen LogP contribution in [-0.4, -0.2) is 30.2 Å². The van der Waals surface area contributed by atoms with E-state index in [0.29, 0.717) is 17.5 Å². The fraction of sp³-hybridized carbons (Fsp3) is 0.500. The molecule has 28 heavy (non-hydrogen) atoms. The number of benzene rings is 1. The van der Waals surface area contributed by atoms with Gasteiger partial charge >= 0.3 is 14.4 Å². The number of halogens is 5. The van der Waals surface area contributed by atoms with E-state index >= 15 is 0 Å². The van der Waals surface area contributed by atoms with Crippen LogP contribution in [0.3, 0.4) is 0 Å². The lowest BCUT2D eigenvalue weighted by Crippen LogP contribution is -2.09. The zero-order valence-electron chi connectivity index (χ0n) is 14.7. The van der Waals surface area contributed by atoms with Crippen molar-refractivity contribution in [2.45, 2.75) is 43.7 Å². The summed E-state index contributed by atoms with van der Waals surface area (Å²) < 4.78 is 58.4. The van der Waals surface area contributed by atoms with Gasteiger partial charge in [0.2, 0.25) is 5.95 Å². The first-order valence-electron chi connectivity index (χ1n) is 8.48. The molecule has 0 spiro atoms. The first-order valence-corrected chi connectivity index (χ1v) is 11.6. The lowest BCUT2D eigenvalue weighted by atomic mass is 10.0. The van der Waals surface area contributed by atoms with Crippen LogP contribution in [0.5, 0.6) is 0 Å². The van der Waals surface area contributed by atoms with Gasteiger partial charge in [0, 0.05) is 28.4 Å². The van der Waals surface area contributed by atoms with Crippen molar-refractivity contribution in [3.63, 3.8) is 0 Å². The van der Waals surface area contributed by atoms with Crippen molar-refractivity contribution in [2.24, 2.45) is 0 Å². The van der Waals surface area contributed by atoms with E-state index in [1.165, 1.54) is 23.1 Å². The van der Waals surface area contributed by atoms with Gasteiger partial charge in [-0.3, -0.25) is 0 Å². The summed E-state index contributed by atoms with van der Waals surface area (Å²) in [7, 11) is 6.36. The monoisotopic (exact) mass is 456 g/mol. The molecule has 0 atom stereocenters. The predicted octanol–water partition coefficient (Wildman–Crippen LogP) is 4.79. The minimum absolute atomic E-state index is 0.110. The first-order chi connectivity index (χ1) is 13.0. The van der Waals surface area contributed by atoms with Crippen molar-refractivity contribution in [3.05, 3.63) is 35.2 Å². The Hall–Kier alpha value is -1.52. The largest absolute Gasteiger partial charge is 0.453 e. The van der Waals surface area contributed by atoms with E-state index in [2.05, 4.69) is 42.8 Å². The van der Waals surface area contributed by atoms with Crippen LogP contribution in [0.25, 0.3) is 5.69 Å². The van der Waals surface area contributed by atoms with Gasteiger partial charge in [-0.2, -0.15) is 31.3 Å². The van der Waals surface area contributed by atoms with Crippen molar-refractivity contribution < 1.29 is 21.6 Å². The summed E-state index contributed by atoms with van der Waals surface area (Å²) >= 11 is 0. The molecule has 1 aromatic heterocycles. The second-order valence-electron chi connectivity index (χ2n) is 6.66. The highest BCUT2D eigenvalue weighted by molar-refractivity contribution is 8.31.